The highest BCUT2D eigenvalue weighted by atomic mass is 16.3. The monoisotopic (exact) mass is 284 g/mol. The minimum atomic E-state index is 0.00477. The summed E-state index contributed by atoms with van der Waals surface area (Å²) < 4.78 is 0. The average Bonchev–Trinajstić information content (AvgIpc) is 2.53. The Balaban J connectivity index is 1.99. The molecule has 0 spiro atoms. The molecule has 0 aliphatic heterocycles. The fourth-order valence-electron chi connectivity index (χ4n) is 2.01. The van der Waals surface area contributed by atoms with Gasteiger partial charge in [0, 0.05) is 31.9 Å². The summed E-state index contributed by atoms with van der Waals surface area (Å²) in [5.74, 6) is 0.00477. The van der Waals surface area contributed by atoms with E-state index in [0.717, 1.165) is 16.8 Å². The van der Waals surface area contributed by atoms with Gasteiger partial charge in [-0.3, -0.25) is 4.79 Å². The van der Waals surface area contributed by atoms with Crippen LogP contribution in [-0.4, -0.2) is 30.0 Å². The summed E-state index contributed by atoms with van der Waals surface area (Å²) in [6.07, 6.45) is 0. The van der Waals surface area contributed by atoms with Gasteiger partial charge in [0.05, 0.1) is 6.61 Å². The van der Waals surface area contributed by atoms with Gasteiger partial charge in [-0.2, -0.15) is 0 Å². The van der Waals surface area contributed by atoms with E-state index in [4.69, 9.17) is 5.11 Å². The van der Waals surface area contributed by atoms with Crippen molar-refractivity contribution in [3.05, 3.63) is 65.2 Å². The van der Waals surface area contributed by atoms with Crippen LogP contribution in [0.2, 0.25) is 0 Å². The number of amides is 1. The summed E-state index contributed by atoms with van der Waals surface area (Å²) >= 11 is 0. The summed E-state index contributed by atoms with van der Waals surface area (Å²) in [5, 5.41) is 12.4. The summed E-state index contributed by atoms with van der Waals surface area (Å²) in [4.78, 5) is 13.4. The van der Waals surface area contributed by atoms with Gasteiger partial charge in [0.1, 0.15) is 0 Å². The Morgan fingerprint density at radius 1 is 1.10 bits per heavy atom. The minimum absolute atomic E-state index is 0.00477. The molecular weight excluding hydrogens is 264 g/mol. The number of benzene rings is 2. The summed E-state index contributed by atoms with van der Waals surface area (Å²) in [7, 11) is 3.48. The molecule has 110 valence electrons. The van der Waals surface area contributed by atoms with E-state index in [2.05, 4.69) is 5.32 Å². The molecular formula is C17H20N2O2. The number of aliphatic hydroxyl groups is 1. The van der Waals surface area contributed by atoms with Gasteiger partial charge < -0.3 is 15.3 Å². The minimum Gasteiger partial charge on any atom is -0.392 e. The van der Waals surface area contributed by atoms with Crippen LogP contribution < -0.4 is 5.32 Å². The molecule has 0 saturated carbocycles. The van der Waals surface area contributed by atoms with Crippen LogP contribution in [-0.2, 0) is 13.2 Å². The Hall–Kier alpha value is -2.33. The first-order chi connectivity index (χ1) is 10.1. The highest BCUT2D eigenvalue weighted by Gasteiger charge is 2.06. The van der Waals surface area contributed by atoms with E-state index in [9.17, 15) is 4.79 Å². The van der Waals surface area contributed by atoms with Crippen molar-refractivity contribution < 1.29 is 9.90 Å². The van der Waals surface area contributed by atoms with Crippen molar-refractivity contribution in [3.8, 4) is 0 Å². The Bertz CT molecular complexity index is 606. The van der Waals surface area contributed by atoms with Crippen molar-refractivity contribution in [2.75, 3.05) is 19.4 Å². The SMILES string of the molecule is CN(C)C(=O)c1ccc(CNc2cccc(CO)c2)cc1. The number of hydrogen-bond acceptors (Lipinski definition) is 3. The highest BCUT2D eigenvalue weighted by molar-refractivity contribution is 5.93. The standard InChI is InChI=1S/C17H20N2O2/c1-19(2)17(21)15-8-6-13(7-9-15)11-18-16-5-3-4-14(10-16)12-20/h3-10,18,20H,11-12H2,1-2H3. The first-order valence-electron chi connectivity index (χ1n) is 6.84. The highest BCUT2D eigenvalue weighted by Crippen LogP contribution is 2.13. The number of anilines is 1. The fraction of sp³-hybridized carbons (Fsp3) is 0.235. The van der Waals surface area contributed by atoms with Crippen LogP contribution in [0.5, 0.6) is 0 Å². The lowest BCUT2D eigenvalue weighted by Crippen LogP contribution is -2.21. The fourth-order valence-corrected chi connectivity index (χ4v) is 2.01. The number of aliphatic hydroxyl groups excluding tert-OH is 1. The molecule has 4 nitrogen and oxygen atoms in total. The van der Waals surface area contributed by atoms with Crippen LogP contribution in [0.1, 0.15) is 21.5 Å². The van der Waals surface area contributed by atoms with Crippen LogP contribution >= 0.6 is 0 Å². The van der Waals surface area contributed by atoms with E-state index < -0.39 is 0 Å². The molecule has 2 rings (SSSR count). The number of nitrogens with zero attached hydrogens (tertiary/aromatic N) is 1. The molecule has 2 aromatic rings. The predicted molar refractivity (Wildman–Crippen MR) is 84.2 cm³/mol. The molecule has 2 aromatic carbocycles. The van der Waals surface area contributed by atoms with Crippen LogP contribution in [0.3, 0.4) is 0 Å². The molecule has 0 atom stereocenters. The number of nitrogens with one attached hydrogen (secondary N) is 1. The lowest BCUT2D eigenvalue weighted by molar-refractivity contribution is 0.0827. The zero-order valence-electron chi connectivity index (χ0n) is 12.3. The van der Waals surface area contributed by atoms with Crippen molar-refractivity contribution in [1.29, 1.82) is 0 Å². The first kappa shape index (κ1) is 15.1. The third kappa shape index (κ3) is 4.07. The molecule has 1 amide bonds. The predicted octanol–water partition coefficient (Wildman–Crippen LogP) is 2.49. The smallest absolute Gasteiger partial charge is 0.253 e. The van der Waals surface area contributed by atoms with Gasteiger partial charge in [0.25, 0.3) is 5.91 Å². The molecule has 0 aliphatic carbocycles. The summed E-state index contributed by atoms with van der Waals surface area (Å²) in [6, 6.07) is 15.2. The van der Waals surface area contributed by atoms with E-state index in [0.29, 0.717) is 12.1 Å². The quantitative estimate of drug-likeness (QED) is 0.887. The summed E-state index contributed by atoms with van der Waals surface area (Å²) in [6.45, 7) is 0.710. The van der Waals surface area contributed by atoms with Crippen molar-refractivity contribution in [2.45, 2.75) is 13.2 Å². The van der Waals surface area contributed by atoms with E-state index in [-0.39, 0.29) is 12.5 Å². The molecule has 0 saturated heterocycles. The zero-order valence-corrected chi connectivity index (χ0v) is 12.3. The zero-order chi connectivity index (χ0) is 15.2. The molecule has 0 aliphatic rings. The van der Waals surface area contributed by atoms with Gasteiger partial charge in [-0.1, -0.05) is 24.3 Å². The third-order valence-corrected chi connectivity index (χ3v) is 3.21. The molecule has 0 radical (unpaired) electrons. The van der Waals surface area contributed by atoms with Crippen LogP contribution in [0.15, 0.2) is 48.5 Å². The van der Waals surface area contributed by atoms with Crippen molar-refractivity contribution >= 4 is 11.6 Å². The van der Waals surface area contributed by atoms with Gasteiger partial charge in [-0.15, -0.1) is 0 Å². The van der Waals surface area contributed by atoms with E-state index >= 15 is 0 Å². The lowest BCUT2D eigenvalue weighted by atomic mass is 10.1. The Labute approximate surface area is 125 Å². The van der Waals surface area contributed by atoms with Crippen molar-refractivity contribution in [2.24, 2.45) is 0 Å². The number of rotatable bonds is 5. The molecule has 0 aromatic heterocycles. The lowest BCUT2D eigenvalue weighted by Gasteiger charge is -2.11. The van der Waals surface area contributed by atoms with Crippen LogP contribution in [0.4, 0.5) is 5.69 Å². The van der Waals surface area contributed by atoms with Gasteiger partial charge >= 0.3 is 0 Å². The van der Waals surface area contributed by atoms with E-state index in [1.54, 1.807) is 19.0 Å². The average molecular weight is 284 g/mol. The normalized spacial score (nSPS) is 10.2. The largest absolute Gasteiger partial charge is 0.392 e. The number of hydrogen-bond donors (Lipinski definition) is 2. The molecule has 0 heterocycles. The third-order valence-electron chi connectivity index (χ3n) is 3.21. The molecule has 4 heteroatoms. The first-order valence-corrected chi connectivity index (χ1v) is 6.84. The Kier molecular flexibility index (Phi) is 4.95. The van der Waals surface area contributed by atoms with Crippen LogP contribution in [0.25, 0.3) is 0 Å². The number of carbonyl (C=O) groups is 1. The molecule has 2 N–H and O–H groups in total. The maximum atomic E-state index is 11.8. The Morgan fingerprint density at radius 3 is 2.43 bits per heavy atom. The van der Waals surface area contributed by atoms with E-state index in [1.807, 2.05) is 48.5 Å². The van der Waals surface area contributed by atoms with Gasteiger partial charge in [0.2, 0.25) is 0 Å². The second-order valence-corrected chi connectivity index (χ2v) is 5.11. The summed E-state index contributed by atoms with van der Waals surface area (Å²) in [5.41, 5.74) is 3.63. The molecule has 0 unspecified atom stereocenters. The molecule has 0 bridgehead atoms. The topological polar surface area (TPSA) is 52.6 Å². The second-order valence-electron chi connectivity index (χ2n) is 5.11. The van der Waals surface area contributed by atoms with Gasteiger partial charge in [-0.25, -0.2) is 0 Å². The maximum absolute atomic E-state index is 11.8. The molecule has 21 heavy (non-hydrogen) atoms. The van der Waals surface area contributed by atoms with Gasteiger partial charge in [0.15, 0.2) is 0 Å². The van der Waals surface area contributed by atoms with Crippen LogP contribution in [0, 0.1) is 0 Å². The second kappa shape index (κ2) is 6.90. The molecule has 0 fully saturated rings. The maximum Gasteiger partial charge on any atom is 0.253 e. The van der Waals surface area contributed by atoms with Crippen molar-refractivity contribution in [1.82, 2.24) is 4.90 Å². The Morgan fingerprint density at radius 2 is 1.81 bits per heavy atom. The van der Waals surface area contributed by atoms with Crippen molar-refractivity contribution in [3.63, 3.8) is 0 Å². The number of carbonyl (C=O) groups excluding carboxylic acids is 1. The van der Waals surface area contributed by atoms with Gasteiger partial charge in [-0.05, 0) is 35.4 Å². The van der Waals surface area contributed by atoms with E-state index in [1.165, 1.54) is 0 Å².